The largest absolute Gasteiger partial charge is 0.468 e. The van der Waals surface area contributed by atoms with E-state index in [2.05, 4.69) is 15.9 Å². The first-order chi connectivity index (χ1) is 6.29. The molecule has 0 spiro atoms. The average molecular weight is 278 g/mol. The van der Waals surface area contributed by atoms with Crippen molar-refractivity contribution in [2.75, 3.05) is 0 Å². The first-order valence-electron chi connectivity index (χ1n) is 3.69. The van der Waals surface area contributed by atoms with Gasteiger partial charge in [-0.1, -0.05) is 27.5 Å². The molecule has 0 aliphatic heterocycles. The molecule has 2 aromatic rings. The molecular weight excluding hydrogens is 272 g/mol. The molecule has 1 unspecified atom stereocenters. The van der Waals surface area contributed by atoms with Crippen LogP contribution in [0.15, 0.2) is 34.3 Å². The Bertz CT molecular complexity index is 382. The van der Waals surface area contributed by atoms with Gasteiger partial charge in [-0.05, 0) is 23.6 Å². The first-order valence-corrected chi connectivity index (χ1v) is 5.86. The molecule has 13 heavy (non-hydrogen) atoms. The number of hydrogen-bond donors (Lipinski definition) is 0. The predicted molar refractivity (Wildman–Crippen MR) is 58.8 cm³/mol. The van der Waals surface area contributed by atoms with Crippen LogP contribution in [0.25, 0.3) is 0 Å². The van der Waals surface area contributed by atoms with Crippen molar-refractivity contribution in [2.45, 2.75) is 4.83 Å². The molecule has 2 aromatic heterocycles. The summed E-state index contributed by atoms with van der Waals surface area (Å²) in [5.74, 6) is 0.879. The van der Waals surface area contributed by atoms with Crippen LogP contribution in [0.1, 0.15) is 15.5 Å². The van der Waals surface area contributed by atoms with Crippen LogP contribution in [0.2, 0.25) is 5.02 Å². The van der Waals surface area contributed by atoms with E-state index in [0.717, 1.165) is 15.7 Å². The standard InChI is InChI=1S/C9H6BrClOS/c10-8(7-2-1-4-12-7)9-6(11)3-5-13-9/h1-5,8H. The van der Waals surface area contributed by atoms with E-state index in [1.807, 2.05) is 23.6 Å². The molecule has 0 aromatic carbocycles. The number of halogens is 2. The molecule has 68 valence electrons. The highest BCUT2D eigenvalue weighted by atomic mass is 79.9. The van der Waals surface area contributed by atoms with Gasteiger partial charge in [0, 0.05) is 4.88 Å². The molecule has 2 rings (SSSR count). The SMILES string of the molecule is Clc1ccsc1C(Br)c1ccco1. The first kappa shape index (κ1) is 9.31. The second-order valence-corrected chi connectivity index (χ2v) is 4.78. The number of furan rings is 1. The van der Waals surface area contributed by atoms with Crippen molar-refractivity contribution >= 4 is 38.9 Å². The summed E-state index contributed by atoms with van der Waals surface area (Å²) < 4.78 is 5.28. The van der Waals surface area contributed by atoms with Crippen LogP contribution in [-0.4, -0.2) is 0 Å². The second kappa shape index (κ2) is 3.86. The maximum absolute atomic E-state index is 5.99. The summed E-state index contributed by atoms with van der Waals surface area (Å²) in [7, 11) is 0. The summed E-state index contributed by atoms with van der Waals surface area (Å²) in [6.07, 6.45) is 1.66. The Kier molecular flexibility index (Phi) is 2.77. The summed E-state index contributed by atoms with van der Waals surface area (Å²) in [5.41, 5.74) is 0. The van der Waals surface area contributed by atoms with Gasteiger partial charge in [-0.15, -0.1) is 11.3 Å². The molecular formula is C9H6BrClOS. The fourth-order valence-corrected chi connectivity index (χ4v) is 3.16. The zero-order chi connectivity index (χ0) is 9.26. The molecule has 0 radical (unpaired) electrons. The van der Waals surface area contributed by atoms with E-state index in [1.54, 1.807) is 17.6 Å². The lowest BCUT2D eigenvalue weighted by Gasteiger charge is -2.03. The molecule has 0 bridgehead atoms. The zero-order valence-electron chi connectivity index (χ0n) is 6.54. The van der Waals surface area contributed by atoms with Gasteiger partial charge < -0.3 is 4.42 Å². The molecule has 0 fully saturated rings. The van der Waals surface area contributed by atoms with E-state index in [0.29, 0.717) is 0 Å². The second-order valence-electron chi connectivity index (χ2n) is 2.51. The molecule has 0 aliphatic rings. The average Bonchev–Trinajstić information content (AvgIpc) is 2.72. The molecule has 1 atom stereocenters. The quantitative estimate of drug-likeness (QED) is 0.738. The Labute approximate surface area is 93.5 Å². The van der Waals surface area contributed by atoms with Gasteiger partial charge in [-0.3, -0.25) is 0 Å². The third-order valence-electron chi connectivity index (χ3n) is 1.67. The lowest BCUT2D eigenvalue weighted by Crippen LogP contribution is -1.86. The molecule has 0 N–H and O–H groups in total. The molecule has 0 saturated carbocycles. The molecule has 0 saturated heterocycles. The van der Waals surface area contributed by atoms with Gasteiger partial charge in [-0.25, -0.2) is 0 Å². The third kappa shape index (κ3) is 1.82. The minimum Gasteiger partial charge on any atom is -0.468 e. The summed E-state index contributed by atoms with van der Waals surface area (Å²) >= 11 is 11.1. The van der Waals surface area contributed by atoms with Crippen LogP contribution in [-0.2, 0) is 0 Å². The van der Waals surface area contributed by atoms with E-state index in [1.165, 1.54) is 0 Å². The van der Waals surface area contributed by atoms with Crippen molar-refractivity contribution < 1.29 is 4.42 Å². The molecule has 1 nitrogen and oxygen atoms in total. The fraction of sp³-hybridized carbons (Fsp3) is 0.111. The van der Waals surface area contributed by atoms with E-state index < -0.39 is 0 Å². The van der Waals surface area contributed by atoms with Gasteiger partial charge in [0.25, 0.3) is 0 Å². The van der Waals surface area contributed by atoms with E-state index in [4.69, 9.17) is 16.0 Å². The highest BCUT2D eigenvalue weighted by Gasteiger charge is 2.16. The Morgan fingerprint density at radius 3 is 2.85 bits per heavy atom. The lowest BCUT2D eigenvalue weighted by molar-refractivity contribution is 0.521. The highest BCUT2D eigenvalue weighted by molar-refractivity contribution is 9.09. The summed E-state index contributed by atoms with van der Waals surface area (Å²) in [5, 5.41) is 2.75. The van der Waals surface area contributed by atoms with Crippen molar-refractivity contribution in [2.24, 2.45) is 0 Å². The van der Waals surface area contributed by atoms with Crippen molar-refractivity contribution in [3.63, 3.8) is 0 Å². The van der Waals surface area contributed by atoms with Gasteiger partial charge in [0.15, 0.2) is 0 Å². The monoisotopic (exact) mass is 276 g/mol. The van der Waals surface area contributed by atoms with Crippen molar-refractivity contribution in [3.8, 4) is 0 Å². The minimum absolute atomic E-state index is 0.0648. The van der Waals surface area contributed by atoms with Gasteiger partial charge >= 0.3 is 0 Å². The fourth-order valence-electron chi connectivity index (χ4n) is 1.05. The highest BCUT2D eigenvalue weighted by Crippen LogP contribution is 2.38. The lowest BCUT2D eigenvalue weighted by atomic mass is 10.3. The normalized spacial score (nSPS) is 13.1. The number of rotatable bonds is 2. The van der Waals surface area contributed by atoms with Crippen molar-refractivity contribution in [1.29, 1.82) is 0 Å². The molecule has 0 aliphatic carbocycles. The Morgan fingerprint density at radius 2 is 2.31 bits per heavy atom. The Hall–Kier alpha value is -0.250. The topological polar surface area (TPSA) is 13.1 Å². The van der Waals surface area contributed by atoms with Crippen LogP contribution in [0.3, 0.4) is 0 Å². The maximum Gasteiger partial charge on any atom is 0.122 e. The number of thiophene rings is 1. The summed E-state index contributed by atoms with van der Waals surface area (Å²) in [6, 6.07) is 5.68. The van der Waals surface area contributed by atoms with E-state index in [-0.39, 0.29) is 4.83 Å². The van der Waals surface area contributed by atoms with E-state index >= 15 is 0 Å². The predicted octanol–water partition coefficient (Wildman–Crippen LogP) is 4.48. The molecule has 2 heterocycles. The van der Waals surface area contributed by atoms with Crippen LogP contribution in [0.4, 0.5) is 0 Å². The third-order valence-corrected chi connectivity index (χ3v) is 4.30. The van der Waals surface area contributed by atoms with Crippen molar-refractivity contribution in [3.05, 3.63) is 45.5 Å². The number of hydrogen-bond acceptors (Lipinski definition) is 2. The maximum atomic E-state index is 5.99. The van der Waals surface area contributed by atoms with Crippen molar-refractivity contribution in [1.82, 2.24) is 0 Å². The van der Waals surface area contributed by atoms with Gasteiger partial charge in [-0.2, -0.15) is 0 Å². The van der Waals surface area contributed by atoms with Crippen LogP contribution in [0.5, 0.6) is 0 Å². The summed E-state index contributed by atoms with van der Waals surface area (Å²) in [6.45, 7) is 0. The molecule has 0 amide bonds. The van der Waals surface area contributed by atoms with Gasteiger partial charge in [0.1, 0.15) is 10.6 Å². The minimum atomic E-state index is 0.0648. The Balaban J connectivity index is 2.33. The summed E-state index contributed by atoms with van der Waals surface area (Å²) in [4.78, 5) is 1.15. The van der Waals surface area contributed by atoms with Crippen LogP contribution < -0.4 is 0 Å². The van der Waals surface area contributed by atoms with Gasteiger partial charge in [0.2, 0.25) is 0 Å². The van der Waals surface area contributed by atoms with Gasteiger partial charge in [0.05, 0.1) is 11.3 Å². The molecule has 4 heteroatoms. The smallest absolute Gasteiger partial charge is 0.122 e. The van der Waals surface area contributed by atoms with Crippen LogP contribution in [0, 0.1) is 0 Å². The Morgan fingerprint density at radius 1 is 1.46 bits per heavy atom. The van der Waals surface area contributed by atoms with Crippen LogP contribution >= 0.6 is 38.9 Å². The number of alkyl halides is 1. The van der Waals surface area contributed by atoms with E-state index in [9.17, 15) is 0 Å². The zero-order valence-corrected chi connectivity index (χ0v) is 9.69.